The molecule has 0 aliphatic heterocycles. The molecular formula is C17H27NO. The Morgan fingerprint density at radius 3 is 2.68 bits per heavy atom. The molecule has 1 aliphatic carbocycles. The molecule has 0 saturated heterocycles. The van der Waals surface area contributed by atoms with Crippen LogP contribution in [-0.4, -0.2) is 18.8 Å². The van der Waals surface area contributed by atoms with Crippen LogP contribution in [0, 0.1) is 5.92 Å². The zero-order valence-electron chi connectivity index (χ0n) is 12.5. The molecule has 0 fully saturated rings. The minimum absolute atomic E-state index is 0.0514. The second-order valence-corrected chi connectivity index (χ2v) is 6.44. The van der Waals surface area contributed by atoms with Crippen LogP contribution in [-0.2, 0) is 17.6 Å². The molecular weight excluding hydrogens is 234 g/mol. The first kappa shape index (κ1) is 14.5. The van der Waals surface area contributed by atoms with Crippen molar-refractivity contribution in [2.45, 2.75) is 57.6 Å². The molecule has 1 aliphatic rings. The predicted octanol–water partition coefficient (Wildman–Crippen LogP) is 3.32. The lowest BCUT2D eigenvalue weighted by molar-refractivity contribution is 0.0111. The van der Waals surface area contributed by atoms with Crippen LogP contribution in [0.4, 0.5) is 0 Å². The van der Waals surface area contributed by atoms with E-state index in [-0.39, 0.29) is 5.60 Å². The fourth-order valence-electron chi connectivity index (χ4n) is 2.94. The first-order valence-electron chi connectivity index (χ1n) is 7.39. The predicted molar refractivity (Wildman–Crippen MR) is 80.3 cm³/mol. The molecule has 2 nitrogen and oxygen atoms in total. The van der Waals surface area contributed by atoms with Crippen LogP contribution >= 0.6 is 0 Å². The Labute approximate surface area is 117 Å². The Morgan fingerprint density at radius 2 is 2.00 bits per heavy atom. The highest BCUT2D eigenvalue weighted by Crippen LogP contribution is 2.29. The smallest absolute Gasteiger partial charge is 0.0623 e. The summed E-state index contributed by atoms with van der Waals surface area (Å²) in [5, 5.41) is 0. The van der Waals surface area contributed by atoms with Crippen LogP contribution in [0.1, 0.15) is 44.2 Å². The zero-order chi connectivity index (χ0) is 13.9. The van der Waals surface area contributed by atoms with Crippen molar-refractivity contribution in [1.82, 2.24) is 0 Å². The van der Waals surface area contributed by atoms with Crippen LogP contribution in [0.25, 0.3) is 0 Å². The largest absolute Gasteiger partial charge is 0.379 e. The maximum absolute atomic E-state index is 6.41. The highest BCUT2D eigenvalue weighted by atomic mass is 16.5. The van der Waals surface area contributed by atoms with Gasteiger partial charge in [-0.3, -0.25) is 0 Å². The topological polar surface area (TPSA) is 35.2 Å². The summed E-state index contributed by atoms with van der Waals surface area (Å²) in [5.74, 6) is 0.627. The summed E-state index contributed by atoms with van der Waals surface area (Å²) < 4.78 is 5.48. The Bertz CT molecular complexity index is 413. The van der Waals surface area contributed by atoms with E-state index in [1.807, 2.05) is 0 Å². The Hall–Kier alpha value is -0.860. The van der Waals surface area contributed by atoms with E-state index in [2.05, 4.69) is 38.1 Å². The molecule has 19 heavy (non-hydrogen) atoms. The monoisotopic (exact) mass is 261 g/mol. The maximum atomic E-state index is 6.41. The SMILES string of the molecule is COC(C)(C)CCC(N)C1CCc2ccccc2C1. The summed E-state index contributed by atoms with van der Waals surface area (Å²) >= 11 is 0. The number of hydrogen-bond acceptors (Lipinski definition) is 2. The van der Waals surface area contributed by atoms with Gasteiger partial charge < -0.3 is 10.5 Å². The first-order valence-corrected chi connectivity index (χ1v) is 7.39. The molecule has 0 spiro atoms. The lowest BCUT2D eigenvalue weighted by Crippen LogP contribution is -2.36. The van der Waals surface area contributed by atoms with E-state index in [1.165, 1.54) is 24.0 Å². The van der Waals surface area contributed by atoms with Crippen molar-refractivity contribution in [2.75, 3.05) is 7.11 Å². The van der Waals surface area contributed by atoms with E-state index in [1.54, 1.807) is 7.11 Å². The van der Waals surface area contributed by atoms with Gasteiger partial charge in [-0.25, -0.2) is 0 Å². The third-order valence-electron chi connectivity index (χ3n) is 4.62. The number of rotatable bonds is 5. The van der Waals surface area contributed by atoms with Gasteiger partial charge in [-0.1, -0.05) is 24.3 Å². The van der Waals surface area contributed by atoms with Crippen molar-refractivity contribution in [3.8, 4) is 0 Å². The third-order valence-corrected chi connectivity index (χ3v) is 4.62. The fraction of sp³-hybridized carbons (Fsp3) is 0.647. The first-order chi connectivity index (χ1) is 9.02. The number of ether oxygens (including phenoxy) is 1. The summed E-state index contributed by atoms with van der Waals surface area (Å²) in [6.45, 7) is 4.27. The van der Waals surface area contributed by atoms with Crippen molar-refractivity contribution >= 4 is 0 Å². The Balaban J connectivity index is 1.90. The molecule has 0 bridgehead atoms. The Morgan fingerprint density at radius 1 is 1.32 bits per heavy atom. The van der Waals surface area contributed by atoms with E-state index >= 15 is 0 Å². The Kier molecular flexibility index (Phi) is 4.64. The molecule has 0 amide bonds. The highest BCUT2D eigenvalue weighted by molar-refractivity contribution is 5.29. The van der Waals surface area contributed by atoms with Crippen LogP contribution in [0.3, 0.4) is 0 Å². The molecule has 2 N–H and O–H groups in total. The second kappa shape index (κ2) is 6.06. The molecule has 0 aromatic heterocycles. The molecule has 0 saturated carbocycles. The van der Waals surface area contributed by atoms with Gasteiger partial charge in [-0.05, 0) is 63.0 Å². The number of hydrogen-bond donors (Lipinski definition) is 1. The van der Waals surface area contributed by atoms with Crippen molar-refractivity contribution in [3.05, 3.63) is 35.4 Å². The minimum Gasteiger partial charge on any atom is -0.379 e. The van der Waals surface area contributed by atoms with Crippen LogP contribution in [0.2, 0.25) is 0 Å². The lowest BCUT2D eigenvalue weighted by atomic mass is 9.78. The number of benzene rings is 1. The standard InChI is InChI=1S/C17H27NO/c1-17(2,19-3)11-10-16(18)15-9-8-13-6-4-5-7-14(13)12-15/h4-7,15-16H,8-12,18H2,1-3H3. The third kappa shape index (κ3) is 3.80. The summed E-state index contributed by atoms with van der Waals surface area (Å²) in [5.41, 5.74) is 9.38. The average Bonchev–Trinajstić information content (AvgIpc) is 2.44. The van der Waals surface area contributed by atoms with Crippen LogP contribution in [0.15, 0.2) is 24.3 Å². The number of aryl methyl sites for hydroxylation is 1. The average molecular weight is 261 g/mol. The molecule has 2 heteroatoms. The quantitative estimate of drug-likeness (QED) is 0.882. The lowest BCUT2D eigenvalue weighted by Gasteiger charge is -2.31. The van der Waals surface area contributed by atoms with Gasteiger partial charge in [0.25, 0.3) is 0 Å². The molecule has 106 valence electrons. The summed E-state index contributed by atoms with van der Waals surface area (Å²) in [4.78, 5) is 0. The number of fused-ring (bicyclic) bond motifs is 1. The number of nitrogens with two attached hydrogens (primary N) is 1. The minimum atomic E-state index is -0.0514. The van der Waals surface area contributed by atoms with Crippen molar-refractivity contribution < 1.29 is 4.74 Å². The van der Waals surface area contributed by atoms with Crippen molar-refractivity contribution in [1.29, 1.82) is 0 Å². The van der Waals surface area contributed by atoms with E-state index < -0.39 is 0 Å². The van der Waals surface area contributed by atoms with Gasteiger partial charge in [0.1, 0.15) is 0 Å². The van der Waals surface area contributed by atoms with E-state index in [4.69, 9.17) is 10.5 Å². The molecule has 0 radical (unpaired) electrons. The molecule has 2 unspecified atom stereocenters. The van der Waals surface area contributed by atoms with Crippen molar-refractivity contribution in [3.63, 3.8) is 0 Å². The summed E-state index contributed by atoms with van der Waals surface area (Å²) in [7, 11) is 1.78. The van der Waals surface area contributed by atoms with Gasteiger partial charge >= 0.3 is 0 Å². The van der Waals surface area contributed by atoms with Gasteiger partial charge in [0, 0.05) is 13.2 Å². The molecule has 1 aromatic carbocycles. The van der Waals surface area contributed by atoms with E-state index in [0.29, 0.717) is 12.0 Å². The number of methoxy groups -OCH3 is 1. The molecule has 0 heterocycles. The second-order valence-electron chi connectivity index (χ2n) is 6.44. The van der Waals surface area contributed by atoms with Crippen LogP contribution in [0.5, 0.6) is 0 Å². The molecule has 1 aromatic rings. The van der Waals surface area contributed by atoms with E-state index in [9.17, 15) is 0 Å². The van der Waals surface area contributed by atoms with Crippen molar-refractivity contribution in [2.24, 2.45) is 11.7 Å². The van der Waals surface area contributed by atoms with Crippen LogP contribution < -0.4 is 5.73 Å². The normalized spacial score (nSPS) is 20.9. The summed E-state index contributed by atoms with van der Waals surface area (Å²) in [6.07, 6.45) is 5.63. The van der Waals surface area contributed by atoms with Gasteiger partial charge in [-0.2, -0.15) is 0 Å². The zero-order valence-corrected chi connectivity index (χ0v) is 12.5. The molecule has 2 atom stereocenters. The maximum Gasteiger partial charge on any atom is 0.0623 e. The van der Waals surface area contributed by atoms with Gasteiger partial charge in [0.15, 0.2) is 0 Å². The van der Waals surface area contributed by atoms with Gasteiger partial charge in [-0.15, -0.1) is 0 Å². The molecule has 2 rings (SSSR count). The fourth-order valence-corrected chi connectivity index (χ4v) is 2.94. The van der Waals surface area contributed by atoms with Gasteiger partial charge in [0.2, 0.25) is 0 Å². The van der Waals surface area contributed by atoms with Gasteiger partial charge in [0.05, 0.1) is 5.60 Å². The summed E-state index contributed by atoms with van der Waals surface area (Å²) in [6, 6.07) is 9.09. The van der Waals surface area contributed by atoms with E-state index in [0.717, 1.165) is 19.3 Å². The highest BCUT2D eigenvalue weighted by Gasteiger charge is 2.25.